The minimum Gasteiger partial charge on any atom is -0.546 e. The Balaban J connectivity index is 1.69. The van der Waals surface area contributed by atoms with Gasteiger partial charge in [-0.2, -0.15) is 0 Å². The summed E-state index contributed by atoms with van der Waals surface area (Å²) in [5, 5.41) is 10.4. The van der Waals surface area contributed by atoms with Gasteiger partial charge in [0.25, 0.3) is 5.91 Å². The van der Waals surface area contributed by atoms with Crippen LogP contribution in [0.25, 0.3) is 6.08 Å². The summed E-state index contributed by atoms with van der Waals surface area (Å²) in [6, 6.07) is 7.11. The number of ether oxygens (including phenoxy) is 1. The zero-order valence-corrected chi connectivity index (χ0v) is 15.2. The first-order valence-corrected chi connectivity index (χ1v) is 9.47. The molecule has 0 atom stereocenters. The van der Waals surface area contributed by atoms with E-state index in [1.165, 1.54) is 18.2 Å². The van der Waals surface area contributed by atoms with Crippen LogP contribution in [0.15, 0.2) is 29.2 Å². The number of carbonyl (C=O) groups excluding carboxylic acids is 2. The second kappa shape index (κ2) is 8.01. The molecule has 7 heteroatoms. The Bertz CT molecular complexity index is 708. The van der Waals surface area contributed by atoms with Gasteiger partial charge in [0, 0.05) is 6.04 Å². The van der Waals surface area contributed by atoms with Gasteiger partial charge in [0.05, 0.1) is 10.9 Å². The van der Waals surface area contributed by atoms with Crippen LogP contribution in [-0.4, -0.2) is 33.7 Å². The molecule has 132 valence electrons. The minimum atomic E-state index is -1.27. The molecule has 0 aromatic heterocycles. The Morgan fingerprint density at radius 2 is 1.96 bits per heavy atom. The van der Waals surface area contributed by atoms with Gasteiger partial charge in [0.1, 0.15) is 16.7 Å². The molecule has 25 heavy (non-hydrogen) atoms. The van der Waals surface area contributed by atoms with Crippen LogP contribution in [-0.2, 0) is 9.59 Å². The maximum absolute atomic E-state index is 12.7. The van der Waals surface area contributed by atoms with E-state index < -0.39 is 12.6 Å². The number of thioether (sulfide) groups is 1. The van der Waals surface area contributed by atoms with E-state index in [2.05, 4.69) is 0 Å². The van der Waals surface area contributed by atoms with Crippen molar-refractivity contribution in [1.29, 1.82) is 0 Å². The van der Waals surface area contributed by atoms with E-state index >= 15 is 0 Å². The van der Waals surface area contributed by atoms with Crippen LogP contribution in [0.3, 0.4) is 0 Å². The Morgan fingerprint density at radius 3 is 2.60 bits per heavy atom. The number of thiocarbonyl (C=S) groups is 1. The van der Waals surface area contributed by atoms with Gasteiger partial charge in [-0.3, -0.25) is 9.69 Å². The molecule has 1 aliphatic carbocycles. The third kappa shape index (κ3) is 4.41. The topological polar surface area (TPSA) is 69.7 Å². The lowest BCUT2D eigenvalue weighted by molar-refractivity contribution is -0.307. The molecule has 1 aliphatic heterocycles. The largest absolute Gasteiger partial charge is 0.546 e. The molecule has 3 rings (SSSR count). The number of rotatable bonds is 5. The van der Waals surface area contributed by atoms with Gasteiger partial charge in [0.15, 0.2) is 0 Å². The van der Waals surface area contributed by atoms with E-state index in [1.54, 1.807) is 29.2 Å². The van der Waals surface area contributed by atoms with Crippen molar-refractivity contribution in [3.63, 3.8) is 0 Å². The Kier molecular flexibility index (Phi) is 5.75. The van der Waals surface area contributed by atoms with E-state index in [0.29, 0.717) is 15.0 Å². The van der Waals surface area contributed by atoms with Gasteiger partial charge in [0.2, 0.25) is 0 Å². The predicted octanol–water partition coefficient (Wildman–Crippen LogP) is 2.35. The molecule has 0 bridgehead atoms. The summed E-state index contributed by atoms with van der Waals surface area (Å²) >= 11 is 6.76. The molecule has 1 aromatic rings. The fraction of sp³-hybridized carbons (Fsp3) is 0.389. The number of benzene rings is 1. The van der Waals surface area contributed by atoms with Gasteiger partial charge in [-0.25, -0.2) is 0 Å². The van der Waals surface area contributed by atoms with Crippen molar-refractivity contribution < 1.29 is 19.4 Å². The Hall–Kier alpha value is -1.86. The van der Waals surface area contributed by atoms with Gasteiger partial charge in [-0.1, -0.05) is 55.4 Å². The molecular formula is C18H18NO4S2-. The Labute approximate surface area is 156 Å². The van der Waals surface area contributed by atoms with Gasteiger partial charge in [-0.15, -0.1) is 0 Å². The van der Waals surface area contributed by atoms with Crippen LogP contribution >= 0.6 is 24.0 Å². The molecule has 1 aromatic carbocycles. The number of carboxylic acids is 1. The van der Waals surface area contributed by atoms with Crippen molar-refractivity contribution in [2.75, 3.05) is 6.61 Å². The molecule has 2 fully saturated rings. The summed E-state index contributed by atoms with van der Waals surface area (Å²) in [5.74, 6) is -0.842. The molecule has 0 radical (unpaired) electrons. The summed E-state index contributed by atoms with van der Waals surface area (Å²) in [6.45, 7) is -0.487. The highest BCUT2D eigenvalue weighted by Crippen LogP contribution is 2.37. The molecule has 2 aliphatic rings. The molecule has 1 saturated carbocycles. The number of carbonyl (C=O) groups is 2. The minimum absolute atomic E-state index is 0.0146. The van der Waals surface area contributed by atoms with E-state index in [-0.39, 0.29) is 11.9 Å². The standard InChI is InChI=1S/C18H19NO4S2/c20-16(21)11-23-14-8-6-12(7-9-14)10-15-17(22)19(18(24)25-15)13-4-2-1-3-5-13/h6-10,13H,1-5,11H2,(H,20,21)/p-1/b15-10+. The molecular weight excluding hydrogens is 358 g/mol. The third-order valence-corrected chi connectivity index (χ3v) is 5.63. The number of aliphatic carboxylic acids is 1. The number of hydrogen-bond acceptors (Lipinski definition) is 6. The number of hydrogen-bond donors (Lipinski definition) is 0. The first-order chi connectivity index (χ1) is 12.0. The lowest BCUT2D eigenvalue weighted by Gasteiger charge is -2.29. The lowest BCUT2D eigenvalue weighted by atomic mass is 9.94. The highest BCUT2D eigenvalue weighted by molar-refractivity contribution is 8.26. The van der Waals surface area contributed by atoms with Gasteiger partial charge in [-0.05, 0) is 36.6 Å². The molecule has 0 spiro atoms. The zero-order chi connectivity index (χ0) is 17.8. The van der Waals surface area contributed by atoms with Crippen molar-refractivity contribution in [2.24, 2.45) is 0 Å². The van der Waals surface area contributed by atoms with Crippen molar-refractivity contribution in [1.82, 2.24) is 4.90 Å². The van der Waals surface area contributed by atoms with Gasteiger partial charge < -0.3 is 14.6 Å². The molecule has 5 nitrogen and oxygen atoms in total. The monoisotopic (exact) mass is 376 g/mol. The molecule has 0 unspecified atom stereocenters. The van der Waals surface area contributed by atoms with Crippen molar-refractivity contribution >= 4 is 46.3 Å². The maximum Gasteiger partial charge on any atom is 0.266 e. The maximum atomic E-state index is 12.7. The summed E-state index contributed by atoms with van der Waals surface area (Å²) < 4.78 is 5.68. The lowest BCUT2D eigenvalue weighted by Crippen LogP contribution is -2.39. The van der Waals surface area contributed by atoms with E-state index in [1.807, 2.05) is 6.08 Å². The normalized spacial score (nSPS) is 20.3. The van der Waals surface area contributed by atoms with Gasteiger partial charge >= 0.3 is 0 Å². The summed E-state index contributed by atoms with van der Waals surface area (Å²) in [4.78, 5) is 25.5. The van der Waals surface area contributed by atoms with E-state index in [9.17, 15) is 14.7 Å². The summed E-state index contributed by atoms with van der Waals surface area (Å²) in [6.07, 6.45) is 7.37. The van der Waals surface area contributed by atoms with Crippen LogP contribution in [0.2, 0.25) is 0 Å². The van der Waals surface area contributed by atoms with Crippen molar-refractivity contribution in [3.05, 3.63) is 34.7 Å². The molecule has 0 N–H and O–H groups in total. The number of nitrogens with zero attached hydrogens (tertiary/aromatic N) is 1. The van der Waals surface area contributed by atoms with Crippen LogP contribution < -0.4 is 9.84 Å². The third-order valence-electron chi connectivity index (χ3n) is 4.30. The van der Waals surface area contributed by atoms with E-state index in [0.717, 1.165) is 31.2 Å². The summed E-state index contributed by atoms with van der Waals surface area (Å²) in [7, 11) is 0. The average Bonchev–Trinajstić information content (AvgIpc) is 2.88. The highest BCUT2D eigenvalue weighted by Gasteiger charge is 2.37. The fourth-order valence-electron chi connectivity index (χ4n) is 3.09. The number of amides is 1. The van der Waals surface area contributed by atoms with Crippen LogP contribution in [0.1, 0.15) is 37.7 Å². The Morgan fingerprint density at radius 1 is 1.28 bits per heavy atom. The predicted molar refractivity (Wildman–Crippen MR) is 98.8 cm³/mol. The quantitative estimate of drug-likeness (QED) is 0.580. The first-order valence-electron chi connectivity index (χ1n) is 8.24. The zero-order valence-electron chi connectivity index (χ0n) is 13.6. The molecule has 1 amide bonds. The smallest absolute Gasteiger partial charge is 0.266 e. The van der Waals surface area contributed by atoms with Crippen LogP contribution in [0.4, 0.5) is 0 Å². The second-order valence-electron chi connectivity index (χ2n) is 6.07. The second-order valence-corrected chi connectivity index (χ2v) is 7.75. The average molecular weight is 376 g/mol. The fourth-order valence-corrected chi connectivity index (χ4v) is 4.49. The molecule has 1 heterocycles. The highest BCUT2D eigenvalue weighted by atomic mass is 32.2. The van der Waals surface area contributed by atoms with Crippen LogP contribution in [0, 0.1) is 0 Å². The van der Waals surface area contributed by atoms with E-state index in [4.69, 9.17) is 17.0 Å². The molecule has 1 saturated heterocycles. The van der Waals surface area contributed by atoms with Crippen LogP contribution in [0.5, 0.6) is 5.75 Å². The van der Waals surface area contributed by atoms with Crippen molar-refractivity contribution in [3.8, 4) is 5.75 Å². The number of carboxylic acid groups (broad SMARTS) is 1. The summed E-state index contributed by atoms with van der Waals surface area (Å²) in [5.41, 5.74) is 0.838. The van der Waals surface area contributed by atoms with Crippen molar-refractivity contribution in [2.45, 2.75) is 38.1 Å². The first kappa shape index (κ1) is 17.9. The SMILES string of the molecule is O=C([O-])COc1ccc(/C=C2/SC(=S)N(C3CCCCC3)C2=O)cc1.